The third-order valence-electron chi connectivity index (χ3n) is 4.62. The van der Waals surface area contributed by atoms with Crippen LogP contribution < -0.4 is 4.90 Å². The molecule has 0 radical (unpaired) electrons. The molecule has 21 heavy (non-hydrogen) atoms. The summed E-state index contributed by atoms with van der Waals surface area (Å²) in [5.74, 6) is 0.844. The lowest BCUT2D eigenvalue weighted by molar-refractivity contribution is 0.0706. The number of β-amino-alcohol motifs (C(OH)–C–C–N with tert-alkyl or cyclic N) is 1. The number of likely N-dealkylation sites (tertiary alicyclic amines) is 1. The molecular formula is C14H20N6O. The monoisotopic (exact) mass is 288 g/mol. The molecule has 0 amide bonds. The zero-order chi connectivity index (χ0) is 14.2. The first kappa shape index (κ1) is 13.0. The highest BCUT2D eigenvalue weighted by Gasteiger charge is 2.37. The van der Waals surface area contributed by atoms with Gasteiger partial charge in [0.2, 0.25) is 0 Å². The molecule has 4 rings (SSSR count). The molecule has 0 saturated carbocycles. The number of aromatic nitrogens is 4. The van der Waals surface area contributed by atoms with Crippen LogP contribution in [0.5, 0.6) is 0 Å². The molecule has 7 nitrogen and oxygen atoms in total. The van der Waals surface area contributed by atoms with Crippen molar-refractivity contribution in [2.75, 3.05) is 31.1 Å². The SMILES string of the molecule is O[C@H]1CN(c2ncnc3nc[nH]c23)C[C@@H]1N1CCCCC1. The number of piperidine rings is 1. The molecule has 0 aliphatic carbocycles. The van der Waals surface area contributed by atoms with Gasteiger partial charge in [0.05, 0.1) is 18.5 Å². The average Bonchev–Trinajstić information content (AvgIpc) is 3.14. The van der Waals surface area contributed by atoms with Gasteiger partial charge in [-0.15, -0.1) is 0 Å². The number of H-pyrrole nitrogens is 1. The van der Waals surface area contributed by atoms with Crippen molar-refractivity contribution in [3.05, 3.63) is 12.7 Å². The Morgan fingerprint density at radius 3 is 2.81 bits per heavy atom. The summed E-state index contributed by atoms with van der Waals surface area (Å²) in [5, 5.41) is 10.4. The van der Waals surface area contributed by atoms with Crippen molar-refractivity contribution < 1.29 is 5.11 Å². The standard InChI is InChI=1S/C14H20N6O/c21-11-7-20(6-10(11)19-4-2-1-3-5-19)14-12-13(16-8-15-12)17-9-18-14/h8-11,21H,1-7H2,(H,15,16,17,18)/t10-,11-/m0/s1. The Balaban J connectivity index is 1.58. The molecule has 0 bridgehead atoms. The van der Waals surface area contributed by atoms with E-state index in [1.807, 2.05) is 0 Å². The minimum absolute atomic E-state index is 0.207. The Bertz CT molecular complexity index is 623. The molecule has 2 fully saturated rings. The van der Waals surface area contributed by atoms with E-state index in [0.29, 0.717) is 12.2 Å². The lowest BCUT2D eigenvalue weighted by Gasteiger charge is -2.33. The normalized spacial score (nSPS) is 27.6. The van der Waals surface area contributed by atoms with E-state index in [1.165, 1.54) is 19.3 Å². The lowest BCUT2D eigenvalue weighted by Crippen LogP contribution is -2.45. The van der Waals surface area contributed by atoms with Crippen molar-refractivity contribution in [3.8, 4) is 0 Å². The number of hydrogen-bond donors (Lipinski definition) is 2. The Hall–Kier alpha value is -1.73. The zero-order valence-corrected chi connectivity index (χ0v) is 11.9. The fourth-order valence-corrected chi connectivity index (χ4v) is 3.54. The van der Waals surface area contributed by atoms with E-state index in [9.17, 15) is 5.11 Å². The predicted octanol–water partition coefficient (Wildman–Crippen LogP) is 0.388. The van der Waals surface area contributed by atoms with Crippen LogP contribution in [0.15, 0.2) is 12.7 Å². The molecule has 4 heterocycles. The summed E-state index contributed by atoms with van der Waals surface area (Å²) in [6.07, 6.45) is 6.64. The predicted molar refractivity (Wildman–Crippen MR) is 79.1 cm³/mol. The van der Waals surface area contributed by atoms with Crippen molar-refractivity contribution in [1.82, 2.24) is 24.8 Å². The smallest absolute Gasteiger partial charge is 0.182 e. The Morgan fingerprint density at radius 1 is 1.10 bits per heavy atom. The number of nitrogens with one attached hydrogen (secondary N) is 1. The van der Waals surface area contributed by atoms with Crippen molar-refractivity contribution in [3.63, 3.8) is 0 Å². The van der Waals surface area contributed by atoms with Gasteiger partial charge in [-0.1, -0.05) is 6.42 Å². The van der Waals surface area contributed by atoms with Crippen LogP contribution in [0, 0.1) is 0 Å². The molecule has 2 atom stereocenters. The van der Waals surface area contributed by atoms with E-state index in [-0.39, 0.29) is 12.1 Å². The molecule has 0 unspecified atom stereocenters. The van der Waals surface area contributed by atoms with E-state index >= 15 is 0 Å². The minimum Gasteiger partial charge on any atom is -0.390 e. The summed E-state index contributed by atoms with van der Waals surface area (Å²) in [5.41, 5.74) is 1.53. The number of aliphatic hydroxyl groups excluding tert-OH is 1. The second kappa shape index (κ2) is 5.23. The van der Waals surface area contributed by atoms with Crippen LogP contribution >= 0.6 is 0 Å². The second-order valence-electron chi connectivity index (χ2n) is 5.93. The number of hydrogen-bond acceptors (Lipinski definition) is 6. The number of aromatic amines is 1. The van der Waals surface area contributed by atoms with Crippen molar-refractivity contribution in [2.45, 2.75) is 31.4 Å². The van der Waals surface area contributed by atoms with Gasteiger partial charge in [0.15, 0.2) is 11.5 Å². The van der Waals surface area contributed by atoms with E-state index in [1.54, 1.807) is 12.7 Å². The maximum Gasteiger partial charge on any atom is 0.182 e. The molecule has 2 aromatic rings. The topological polar surface area (TPSA) is 81.2 Å². The number of aliphatic hydroxyl groups is 1. The fourth-order valence-electron chi connectivity index (χ4n) is 3.54. The lowest BCUT2D eigenvalue weighted by atomic mass is 10.1. The Kier molecular flexibility index (Phi) is 3.23. The Morgan fingerprint density at radius 2 is 1.95 bits per heavy atom. The van der Waals surface area contributed by atoms with Crippen molar-refractivity contribution in [2.24, 2.45) is 0 Å². The summed E-state index contributed by atoms with van der Waals surface area (Å²) in [7, 11) is 0. The maximum atomic E-state index is 10.4. The van der Waals surface area contributed by atoms with E-state index in [0.717, 1.165) is 31.0 Å². The first-order chi connectivity index (χ1) is 10.3. The molecule has 0 aromatic carbocycles. The number of imidazole rings is 1. The highest BCUT2D eigenvalue weighted by atomic mass is 16.3. The molecule has 2 N–H and O–H groups in total. The number of rotatable bonds is 2. The molecular weight excluding hydrogens is 268 g/mol. The van der Waals surface area contributed by atoms with Gasteiger partial charge in [-0.05, 0) is 25.9 Å². The van der Waals surface area contributed by atoms with Crippen LogP contribution in [0.25, 0.3) is 11.2 Å². The molecule has 2 aromatic heterocycles. The largest absolute Gasteiger partial charge is 0.390 e. The highest BCUT2D eigenvalue weighted by molar-refractivity contribution is 5.82. The van der Waals surface area contributed by atoms with Crippen molar-refractivity contribution in [1.29, 1.82) is 0 Å². The summed E-state index contributed by atoms with van der Waals surface area (Å²) < 4.78 is 0. The second-order valence-corrected chi connectivity index (χ2v) is 5.93. The maximum absolute atomic E-state index is 10.4. The summed E-state index contributed by atoms with van der Waals surface area (Å²) in [4.78, 5) is 20.4. The fraction of sp³-hybridized carbons (Fsp3) is 0.643. The van der Waals surface area contributed by atoms with Gasteiger partial charge in [0.1, 0.15) is 11.8 Å². The van der Waals surface area contributed by atoms with Crippen LogP contribution in [0.1, 0.15) is 19.3 Å². The number of anilines is 1. The molecule has 2 aliphatic heterocycles. The van der Waals surface area contributed by atoms with Crippen LogP contribution in [0.3, 0.4) is 0 Å². The summed E-state index contributed by atoms with van der Waals surface area (Å²) >= 11 is 0. The summed E-state index contributed by atoms with van der Waals surface area (Å²) in [6.45, 7) is 3.62. The van der Waals surface area contributed by atoms with Gasteiger partial charge in [-0.3, -0.25) is 4.90 Å². The Labute approximate surface area is 123 Å². The van der Waals surface area contributed by atoms with Crippen LogP contribution in [0.4, 0.5) is 5.82 Å². The summed E-state index contributed by atoms with van der Waals surface area (Å²) in [6, 6.07) is 0.207. The van der Waals surface area contributed by atoms with Crippen LogP contribution in [-0.4, -0.2) is 68.3 Å². The van der Waals surface area contributed by atoms with Gasteiger partial charge in [-0.2, -0.15) is 0 Å². The van der Waals surface area contributed by atoms with Gasteiger partial charge in [0, 0.05) is 13.1 Å². The third-order valence-corrected chi connectivity index (χ3v) is 4.62. The number of nitrogens with zero attached hydrogens (tertiary/aromatic N) is 5. The van der Waals surface area contributed by atoms with Gasteiger partial charge < -0.3 is 15.0 Å². The highest BCUT2D eigenvalue weighted by Crippen LogP contribution is 2.27. The van der Waals surface area contributed by atoms with E-state index in [4.69, 9.17) is 0 Å². The van der Waals surface area contributed by atoms with Gasteiger partial charge in [-0.25, -0.2) is 15.0 Å². The van der Waals surface area contributed by atoms with Crippen molar-refractivity contribution >= 4 is 17.0 Å². The zero-order valence-electron chi connectivity index (χ0n) is 11.9. The van der Waals surface area contributed by atoms with Crippen LogP contribution in [-0.2, 0) is 0 Å². The molecule has 2 aliphatic rings. The number of fused-ring (bicyclic) bond motifs is 1. The first-order valence-electron chi connectivity index (χ1n) is 7.64. The van der Waals surface area contributed by atoms with Crippen LogP contribution in [0.2, 0.25) is 0 Å². The molecule has 2 saturated heterocycles. The molecule has 7 heteroatoms. The molecule has 112 valence electrons. The minimum atomic E-state index is -0.323. The molecule has 0 spiro atoms. The first-order valence-corrected chi connectivity index (χ1v) is 7.64. The van der Waals surface area contributed by atoms with Gasteiger partial charge >= 0.3 is 0 Å². The average molecular weight is 288 g/mol. The third kappa shape index (κ3) is 2.26. The van der Waals surface area contributed by atoms with E-state index in [2.05, 4.69) is 29.7 Å². The van der Waals surface area contributed by atoms with Gasteiger partial charge in [0.25, 0.3) is 0 Å². The quantitative estimate of drug-likeness (QED) is 0.832. The van der Waals surface area contributed by atoms with E-state index < -0.39 is 0 Å².